The molecule has 1 rings (SSSR count). The Balaban J connectivity index is 3.01. The predicted octanol–water partition coefficient (Wildman–Crippen LogP) is -0.323. The lowest BCUT2D eigenvalue weighted by atomic mass is 10.2. The minimum Gasteiger partial charge on any atom is -0.479 e. The topological polar surface area (TPSA) is 133 Å². The molecule has 0 fully saturated rings. The molecule has 0 saturated heterocycles. The number of amides is 1. The number of hydrogen-bond acceptors (Lipinski definition) is 5. The Morgan fingerprint density at radius 1 is 1.33 bits per heavy atom. The highest BCUT2D eigenvalue weighted by Gasteiger charge is 2.21. The normalized spacial score (nSPS) is 12.7. The van der Waals surface area contributed by atoms with Gasteiger partial charge in [-0.25, -0.2) is 17.9 Å². The Morgan fingerprint density at radius 2 is 1.95 bits per heavy atom. The number of rotatable bonds is 6. The lowest BCUT2D eigenvalue weighted by molar-refractivity contribution is -0.146. The van der Waals surface area contributed by atoms with E-state index in [4.69, 9.17) is 10.2 Å². The molecule has 1 aromatic carbocycles. The fraction of sp³-hybridized carbons (Fsp3) is 0.333. The molecule has 8 nitrogen and oxygen atoms in total. The standard InChI is InChI=1S/C12H16N2O6S/c1-7-3-4-9(14-8(2)15)5-11(7)21(19,20)13-6-10(16)12(17)18/h3-5,10,13,16H,6H2,1-2H3,(H,14,15)(H,17,18)/t10-/m0/s1. The van der Waals surface area contributed by atoms with Crippen molar-refractivity contribution in [2.75, 3.05) is 11.9 Å². The quantitative estimate of drug-likeness (QED) is 0.568. The van der Waals surface area contributed by atoms with Gasteiger partial charge in [0.25, 0.3) is 0 Å². The molecule has 9 heteroatoms. The molecule has 0 aliphatic carbocycles. The number of anilines is 1. The number of sulfonamides is 1. The van der Waals surface area contributed by atoms with Gasteiger partial charge in [-0.1, -0.05) is 6.07 Å². The summed E-state index contributed by atoms with van der Waals surface area (Å²) in [6.45, 7) is 2.19. The van der Waals surface area contributed by atoms with Gasteiger partial charge in [-0.3, -0.25) is 4.79 Å². The van der Waals surface area contributed by atoms with Crippen molar-refractivity contribution >= 4 is 27.6 Å². The van der Waals surface area contributed by atoms with Crippen molar-refractivity contribution in [3.8, 4) is 0 Å². The monoisotopic (exact) mass is 316 g/mol. The number of carbonyl (C=O) groups excluding carboxylic acids is 1. The minimum absolute atomic E-state index is 0.105. The first-order valence-electron chi connectivity index (χ1n) is 5.92. The second kappa shape index (κ2) is 6.66. The van der Waals surface area contributed by atoms with Crippen LogP contribution in [0, 0.1) is 6.92 Å². The molecule has 0 spiro atoms. The van der Waals surface area contributed by atoms with E-state index in [1.165, 1.54) is 19.1 Å². The van der Waals surface area contributed by atoms with Crippen molar-refractivity contribution in [3.63, 3.8) is 0 Å². The van der Waals surface area contributed by atoms with Gasteiger partial charge < -0.3 is 15.5 Å². The largest absolute Gasteiger partial charge is 0.479 e. The highest BCUT2D eigenvalue weighted by atomic mass is 32.2. The van der Waals surface area contributed by atoms with Crippen LogP contribution in [0.15, 0.2) is 23.1 Å². The molecule has 0 aromatic heterocycles. The fourth-order valence-corrected chi connectivity index (χ4v) is 2.83. The fourth-order valence-electron chi connectivity index (χ4n) is 1.52. The maximum atomic E-state index is 12.1. The second-order valence-corrected chi connectivity index (χ2v) is 6.10. The van der Waals surface area contributed by atoms with Crippen molar-refractivity contribution in [3.05, 3.63) is 23.8 Å². The van der Waals surface area contributed by atoms with E-state index in [1.54, 1.807) is 13.0 Å². The maximum Gasteiger partial charge on any atom is 0.333 e. The Labute approximate surface area is 121 Å². The van der Waals surface area contributed by atoms with E-state index >= 15 is 0 Å². The first kappa shape index (κ1) is 17.1. The van der Waals surface area contributed by atoms with Crippen LogP contribution < -0.4 is 10.0 Å². The first-order valence-corrected chi connectivity index (χ1v) is 7.40. The van der Waals surface area contributed by atoms with E-state index in [0.717, 1.165) is 0 Å². The van der Waals surface area contributed by atoms with Gasteiger partial charge in [-0.05, 0) is 24.6 Å². The summed E-state index contributed by atoms with van der Waals surface area (Å²) in [5, 5.41) is 20.1. The molecular formula is C12H16N2O6S. The second-order valence-electron chi connectivity index (χ2n) is 4.37. The van der Waals surface area contributed by atoms with Gasteiger partial charge in [-0.15, -0.1) is 0 Å². The minimum atomic E-state index is -4.00. The summed E-state index contributed by atoms with van der Waals surface area (Å²) >= 11 is 0. The van der Waals surface area contributed by atoms with Crippen LogP contribution >= 0.6 is 0 Å². The number of benzene rings is 1. The Kier molecular flexibility index (Phi) is 5.41. The average molecular weight is 316 g/mol. The van der Waals surface area contributed by atoms with Gasteiger partial charge in [0.1, 0.15) is 0 Å². The summed E-state index contributed by atoms with van der Waals surface area (Å²) in [6, 6.07) is 4.31. The van der Waals surface area contributed by atoms with Crippen molar-refractivity contribution in [2.24, 2.45) is 0 Å². The van der Waals surface area contributed by atoms with Crippen LogP contribution in [0.2, 0.25) is 0 Å². The Bertz CT molecular complexity index is 656. The van der Waals surface area contributed by atoms with Crippen molar-refractivity contribution in [1.29, 1.82) is 0 Å². The molecule has 0 aliphatic heterocycles. The molecule has 0 heterocycles. The third kappa shape index (κ3) is 4.81. The number of aliphatic hydroxyl groups excluding tert-OH is 1. The number of carboxylic acids is 1. The van der Waals surface area contributed by atoms with E-state index in [9.17, 15) is 18.0 Å². The van der Waals surface area contributed by atoms with Crippen LogP contribution in [-0.2, 0) is 19.6 Å². The van der Waals surface area contributed by atoms with Gasteiger partial charge in [0.05, 0.1) is 4.90 Å². The Morgan fingerprint density at radius 3 is 2.48 bits per heavy atom. The summed E-state index contributed by atoms with van der Waals surface area (Å²) in [5.41, 5.74) is 0.716. The van der Waals surface area contributed by atoms with E-state index in [-0.39, 0.29) is 10.8 Å². The molecule has 1 atom stereocenters. The molecule has 0 saturated carbocycles. The number of aliphatic carboxylic acids is 1. The van der Waals surface area contributed by atoms with Gasteiger partial charge in [0.15, 0.2) is 6.10 Å². The van der Waals surface area contributed by atoms with E-state index in [0.29, 0.717) is 11.3 Å². The van der Waals surface area contributed by atoms with Gasteiger partial charge in [-0.2, -0.15) is 0 Å². The van der Waals surface area contributed by atoms with E-state index < -0.39 is 28.6 Å². The highest BCUT2D eigenvalue weighted by Crippen LogP contribution is 2.20. The van der Waals surface area contributed by atoms with Crippen LogP contribution in [0.4, 0.5) is 5.69 Å². The van der Waals surface area contributed by atoms with Crippen molar-refractivity contribution in [2.45, 2.75) is 24.8 Å². The third-order valence-electron chi connectivity index (χ3n) is 2.55. The number of hydrogen-bond donors (Lipinski definition) is 4. The molecule has 1 amide bonds. The smallest absolute Gasteiger partial charge is 0.333 e. The number of aryl methyl sites for hydroxylation is 1. The van der Waals surface area contributed by atoms with Crippen LogP contribution in [0.3, 0.4) is 0 Å². The lowest BCUT2D eigenvalue weighted by Gasteiger charge is -2.12. The van der Waals surface area contributed by atoms with Crippen LogP contribution in [-0.4, -0.2) is 43.2 Å². The molecule has 0 aliphatic rings. The summed E-state index contributed by atoms with van der Waals surface area (Å²) in [7, 11) is -4.00. The summed E-state index contributed by atoms with van der Waals surface area (Å²) in [4.78, 5) is 21.3. The zero-order chi connectivity index (χ0) is 16.2. The predicted molar refractivity (Wildman–Crippen MR) is 74.3 cm³/mol. The molecule has 21 heavy (non-hydrogen) atoms. The molecule has 0 bridgehead atoms. The first-order chi connectivity index (χ1) is 9.63. The summed E-state index contributed by atoms with van der Waals surface area (Å²) in [5.74, 6) is -1.88. The SMILES string of the molecule is CC(=O)Nc1ccc(C)c(S(=O)(=O)NC[C@H](O)C(=O)O)c1. The maximum absolute atomic E-state index is 12.1. The molecular weight excluding hydrogens is 300 g/mol. The van der Waals surface area contributed by atoms with Gasteiger partial charge >= 0.3 is 5.97 Å². The van der Waals surface area contributed by atoms with Gasteiger partial charge in [0.2, 0.25) is 15.9 Å². The van der Waals surface area contributed by atoms with E-state index in [2.05, 4.69) is 5.32 Å². The zero-order valence-corrected chi connectivity index (χ0v) is 12.3. The van der Waals surface area contributed by atoms with Crippen molar-refractivity contribution in [1.82, 2.24) is 4.72 Å². The van der Waals surface area contributed by atoms with Gasteiger partial charge in [0, 0.05) is 19.2 Å². The van der Waals surface area contributed by atoms with Crippen molar-refractivity contribution < 1.29 is 28.2 Å². The number of carbonyl (C=O) groups is 2. The number of carboxylic acid groups (broad SMARTS) is 1. The highest BCUT2D eigenvalue weighted by molar-refractivity contribution is 7.89. The zero-order valence-electron chi connectivity index (χ0n) is 11.5. The molecule has 0 unspecified atom stereocenters. The van der Waals surface area contributed by atoms with Crippen LogP contribution in [0.1, 0.15) is 12.5 Å². The summed E-state index contributed by atoms with van der Waals surface area (Å²) in [6.07, 6.45) is -1.83. The lowest BCUT2D eigenvalue weighted by Crippen LogP contribution is -2.36. The Hall–Kier alpha value is -1.97. The molecule has 116 valence electrons. The number of nitrogens with one attached hydrogen (secondary N) is 2. The number of aliphatic hydroxyl groups is 1. The molecule has 1 aromatic rings. The molecule has 0 radical (unpaired) electrons. The summed E-state index contributed by atoms with van der Waals surface area (Å²) < 4.78 is 26.2. The molecule has 4 N–H and O–H groups in total. The third-order valence-corrected chi connectivity index (χ3v) is 4.12. The van der Waals surface area contributed by atoms with Crippen LogP contribution in [0.25, 0.3) is 0 Å². The average Bonchev–Trinajstić information content (AvgIpc) is 2.37. The van der Waals surface area contributed by atoms with E-state index in [1.807, 2.05) is 4.72 Å². The van der Waals surface area contributed by atoms with Crippen LogP contribution in [0.5, 0.6) is 0 Å².